The number of hydrogen-bond acceptors (Lipinski definition) is 5. The number of aryl methyl sites for hydroxylation is 1. The maximum atomic E-state index is 12.4. The molecule has 8 heteroatoms. The molecule has 124 valence electrons. The number of aromatic amines is 1. The van der Waals surface area contributed by atoms with Crippen LogP contribution in [0.3, 0.4) is 0 Å². The van der Waals surface area contributed by atoms with Gasteiger partial charge in [-0.3, -0.25) is 9.89 Å². The Kier molecular flexibility index (Phi) is 4.06. The van der Waals surface area contributed by atoms with Crippen LogP contribution in [0.15, 0.2) is 36.5 Å². The number of carbonyl (C=O) groups is 1. The van der Waals surface area contributed by atoms with Gasteiger partial charge in [-0.2, -0.15) is 5.10 Å². The summed E-state index contributed by atoms with van der Waals surface area (Å²) in [6.45, 7) is 1.87. The standard InChI is InChI=1S/C16H16N4O3S/c1-10-14-7-13(8-17-15(14)20-19-10)18-16(21)12-5-3-4-11(6-12)9-24(2,22)23/h3-8H,9H2,1-2H3,(H,18,21)(H,17,19,20). The number of aromatic nitrogens is 3. The first kappa shape index (κ1) is 16.1. The van der Waals surface area contributed by atoms with Crippen LogP contribution in [0.2, 0.25) is 0 Å². The zero-order valence-electron chi connectivity index (χ0n) is 13.2. The smallest absolute Gasteiger partial charge is 0.255 e. The number of amides is 1. The van der Waals surface area contributed by atoms with Gasteiger partial charge in [-0.15, -0.1) is 0 Å². The summed E-state index contributed by atoms with van der Waals surface area (Å²) in [6, 6.07) is 8.35. The van der Waals surface area contributed by atoms with E-state index in [4.69, 9.17) is 0 Å². The van der Waals surface area contributed by atoms with Crippen LogP contribution >= 0.6 is 0 Å². The number of nitrogens with one attached hydrogen (secondary N) is 2. The highest BCUT2D eigenvalue weighted by atomic mass is 32.2. The van der Waals surface area contributed by atoms with E-state index in [1.54, 1.807) is 30.3 Å². The number of nitrogens with zero attached hydrogens (tertiary/aromatic N) is 2. The zero-order chi connectivity index (χ0) is 17.3. The van der Waals surface area contributed by atoms with Gasteiger partial charge < -0.3 is 5.32 Å². The van der Waals surface area contributed by atoms with E-state index < -0.39 is 9.84 Å². The van der Waals surface area contributed by atoms with E-state index in [-0.39, 0.29) is 11.7 Å². The van der Waals surface area contributed by atoms with E-state index in [1.807, 2.05) is 6.92 Å². The lowest BCUT2D eigenvalue weighted by Crippen LogP contribution is -2.12. The Morgan fingerprint density at radius 1 is 1.29 bits per heavy atom. The molecule has 0 fully saturated rings. The summed E-state index contributed by atoms with van der Waals surface area (Å²) in [5.41, 5.74) is 2.96. The van der Waals surface area contributed by atoms with Crippen LogP contribution in [-0.2, 0) is 15.6 Å². The molecule has 0 aliphatic carbocycles. The minimum atomic E-state index is -3.15. The van der Waals surface area contributed by atoms with Gasteiger partial charge in [0.1, 0.15) is 0 Å². The van der Waals surface area contributed by atoms with Gasteiger partial charge in [0.05, 0.1) is 17.6 Å². The van der Waals surface area contributed by atoms with Gasteiger partial charge in [0, 0.05) is 22.9 Å². The highest BCUT2D eigenvalue weighted by molar-refractivity contribution is 7.89. The van der Waals surface area contributed by atoms with Crippen LogP contribution in [-0.4, -0.2) is 35.8 Å². The number of carbonyl (C=O) groups excluding carboxylic acids is 1. The minimum absolute atomic E-state index is 0.101. The molecule has 2 heterocycles. The lowest BCUT2D eigenvalue weighted by molar-refractivity contribution is 0.102. The first-order valence-corrected chi connectivity index (χ1v) is 9.26. The van der Waals surface area contributed by atoms with Crippen LogP contribution < -0.4 is 5.32 Å². The van der Waals surface area contributed by atoms with Gasteiger partial charge in [0.15, 0.2) is 15.5 Å². The number of sulfone groups is 1. The van der Waals surface area contributed by atoms with E-state index in [9.17, 15) is 13.2 Å². The summed E-state index contributed by atoms with van der Waals surface area (Å²) >= 11 is 0. The van der Waals surface area contributed by atoms with Crippen molar-refractivity contribution in [2.24, 2.45) is 0 Å². The number of anilines is 1. The molecule has 0 radical (unpaired) electrons. The fourth-order valence-electron chi connectivity index (χ4n) is 2.40. The Hall–Kier alpha value is -2.74. The number of hydrogen-bond donors (Lipinski definition) is 2. The maximum absolute atomic E-state index is 12.4. The summed E-state index contributed by atoms with van der Waals surface area (Å²) < 4.78 is 22.8. The monoisotopic (exact) mass is 344 g/mol. The third-order valence-corrected chi connectivity index (χ3v) is 4.33. The van der Waals surface area contributed by atoms with Crippen LogP contribution in [0.5, 0.6) is 0 Å². The van der Waals surface area contributed by atoms with Crippen molar-refractivity contribution in [1.29, 1.82) is 0 Å². The normalized spacial score (nSPS) is 11.6. The molecule has 3 rings (SSSR count). The molecule has 0 bridgehead atoms. The Labute approximate surface area is 139 Å². The Balaban J connectivity index is 1.83. The molecule has 0 atom stereocenters. The predicted octanol–water partition coefficient (Wildman–Crippen LogP) is 2.06. The van der Waals surface area contributed by atoms with Crippen molar-refractivity contribution >= 4 is 32.5 Å². The molecule has 2 aromatic heterocycles. The van der Waals surface area contributed by atoms with E-state index >= 15 is 0 Å². The van der Waals surface area contributed by atoms with Crippen molar-refractivity contribution in [3.63, 3.8) is 0 Å². The molecule has 3 aromatic rings. The van der Waals surface area contributed by atoms with E-state index in [0.29, 0.717) is 22.5 Å². The molecule has 2 N–H and O–H groups in total. The quantitative estimate of drug-likeness (QED) is 0.754. The molecule has 1 amide bonds. The highest BCUT2D eigenvalue weighted by Gasteiger charge is 2.11. The van der Waals surface area contributed by atoms with Crippen LogP contribution in [0.4, 0.5) is 5.69 Å². The summed E-state index contributed by atoms with van der Waals surface area (Å²) in [6.07, 6.45) is 2.69. The van der Waals surface area contributed by atoms with Crippen molar-refractivity contribution < 1.29 is 13.2 Å². The van der Waals surface area contributed by atoms with Crippen molar-refractivity contribution in [3.05, 3.63) is 53.3 Å². The van der Waals surface area contributed by atoms with Crippen molar-refractivity contribution in [2.75, 3.05) is 11.6 Å². The van der Waals surface area contributed by atoms with Crippen molar-refractivity contribution in [2.45, 2.75) is 12.7 Å². The summed E-state index contributed by atoms with van der Waals surface area (Å²) in [5, 5.41) is 10.5. The molecule has 0 spiro atoms. The van der Waals surface area contributed by atoms with Crippen molar-refractivity contribution in [1.82, 2.24) is 15.2 Å². The molecule has 0 unspecified atom stereocenters. The van der Waals surface area contributed by atoms with Gasteiger partial charge in [-0.25, -0.2) is 13.4 Å². The topological polar surface area (TPSA) is 105 Å². The molecule has 0 saturated carbocycles. The fraction of sp³-hybridized carbons (Fsp3) is 0.188. The second kappa shape index (κ2) is 6.04. The number of fused-ring (bicyclic) bond motifs is 1. The average Bonchev–Trinajstić information content (AvgIpc) is 2.87. The Morgan fingerprint density at radius 2 is 2.08 bits per heavy atom. The van der Waals surface area contributed by atoms with Gasteiger partial charge in [-0.1, -0.05) is 12.1 Å². The first-order chi connectivity index (χ1) is 11.3. The molecular formula is C16H16N4O3S. The third-order valence-electron chi connectivity index (χ3n) is 3.48. The number of rotatable bonds is 4. The molecule has 7 nitrogen and oxygen atoms in total. The average molecular weight is 344 g/mol. The molecule has 24 heavy (non-hydrogen) atoms. The van der Waals surface area contributed by atoms with E-state index in [0.717, 1.165) is 17.3 Å². The lowest BCUT2D eigenvalue weighted by Gasteiger charge is -2.07. The molecule has 0 saturated heterocycles. The van der Waals surface area contributed by atoms with Gasteiger partial charge >= 0.3 is 0 Å². The molecular weight excluding hydrogens is 328 g/mol. The number of H-pyrrole nitrogens is 1. The van der Waals surface area contributed by atoms with E-state index in [2.05, 4.69) is 20.5 Å². The number of benzene rings is 1. The Morgan fingerprint density at radius 3 is 2.83 bits per heavy atom. The molecule has 1 aromatic carbocycles. The lowest BCUT2D eigenvalue weighted by atomic mass is 10.1. The summed E-state index contributed by atoms with van der Waals surface area (Å²) in [7, 11) is -3.15. The van der Waals surface area contributed by atoms with Gasteiger partial charge in [-0.05, 0) is 30.7 Å². The van der Waals surface area contributed by atoms with Crippen molar-refractivity contribution in [3.8, 4) is 0 Å². The van der Waals surface area contributed by atoms with Crippen LogP contribution in [0.25, 0.3) is 11.0 Å². The second-order valence-electron chi connectivity index (χ2n) is 5.67. The highest BCUT2D eigenvalue weighted by Crippen LogP contribution is 2.18. The first-order valence-electron chi connectivity index (χ1n) is 7.20. The SMILES string of the molecule is Cc1[nH]nc2ncc(NC(=O)c3cccc(CS(C)(=O)=O)c3)cc12. The number of pyridine rings is 1. The summed E-state index contributed by atoms with van der Waals surface area (Å²) in [5.74, 6) is -0.428. The second-order valence-corrected chi connectivity index (χ2v) is 7.81. The summed E-state index contributed by atoms with van der Waals surface area (Å²) in [4.78, 5) is 16.6. The maximum Gasteiger partial charge on any atom is 0.255 e. The fourth-order valence-corrected chi connectivity index (χ4v) is 3.18. The largest absolute Gasteiger partial charge is 0.321 e. The Bertz CT molecular complexity index is 1020. The third kappa shape index (κ3) is 3.60. The van der Waals surface area contributed by atoms with Gasteiger partial charge in [0.25, 0.3) is 5.91 Å². The predicted molar refractivity (Wildman–Crippen MR) is 91.6 cm³/mol. The molecule has 0 aliphatic rings. The zero-order valence-corrected chi connectivity index (χ0v) is 14.0. The van der Waals surface area contributed by atoms with Gasteiger partial charge in [0.2, 0.25) is 0 Å². The minimum Gasteiger partial charge on any atom is -0.321 e. The van der Waals surface area contributed by atoms with Crippen LogP contribution in [0, 0.1) is 6.92 Å². The molecule has 0 aliphatic heterocycles. The van der Waals surface area contributed by atoms with Crippen LogP contribution in [0.1, 0.15) is 21.6 Å². The van der Waals surface area contributed by atoms with E-state index in [1.165, 1.54) is 6.20 Å².